The van der Waals surface area contributed by atoms with E-state index in [0.29, 0.717) is 12.3 Å². The standard InChI is InChI=1S/C20H21N3O3/c1-22-10-8-13-6-7-15(12-16(13)18(22)19(21)24)26-20(25)23-11-9-14-4-2-3-5-17(14)23/h2-7,12,18H,8-11H2,1H3,(H2,21,24). The molecule has 6 heteroatoms. The van der Waals surface area contributed by atoms with Crippen LogP contribution in [0.3, 0.4) is 0 Å². The van der Waals surface area contributed by atoms with E-state index in [4.69, 9.17) is 10.5 Å². The Morgan fingerprint density at radius 3 is 2.65 bits per heavy atom. The van der Waals surface area contributed by atoms with Crippen molar-refractivity contribution in [3.05, 3.63) is 59.2 Å². The van der Waals surface area contributed by atoms with Gasteiger partial charge >= 0.3 is 6.09 Å². The highest BCUT2D eigenvalue weighted by atomic mass is 16.6. The van der Waals surface area contributed by atoms with Crippen molar-refractivity contribution in [2.75, 3.05) is 25.0 Å². The number of anilines is 1. The molecule has 2 aromatic carbocycles. The van der Waals surface area contributed by atoms with Crippen LogP contribution in [0.25, 0.3) is 0 Å². The maximum absolute atomic E-state index is 12.6. The molecule has 6 nitrogen and oxygen atoms in total. The molecule has 1 unspecified atom stereocenters. The summed E-state index contributed by atoms with van der Waals surface area (Å²) in [6.45, 7) is 1.38. The molecule has 0 radical (unpaired) electrons. The zero-order valence-corrected chi connectivity index (χ0v) is 14.6. The normalized spacial score (nSPS) is 19.0. The molecule has 1 atom stereocenters. The first-order chi connectivity index (χ1) is 12.5. The number of hydrogen-bond acceptors (Lipinski definition) is 4. The van der Waals surface area contributed by atoms with Gasteiger partial charge in [0.25, 0.3) is 0 Å². The molecule has 0 saturated carbocycles. The van der Waals surface area contributed by atoms with Gasteiger partial charge in [-0.25, -0.2) is 4.79 Å². The van der Waals surface area contributed by atoms with Crippen LogP contribution in [0.5, 0.6) is 5.75 Å². The summed E-state index contributed by atoms with van der Waals surface area (Å²) in [5.74, 6) is 0.0325. The smallest absolute Gasteiger partial charge is 0.410 e. The lowest BCUT2D eigenvalue weighted by Crippen LogP contribution is -2.40. The topological polar surface area (TPSA) is 75.9 Å². The van der Waals surface area contributed by atoms with Crippen molar-refractivity contribution in [3.63, 3.8) is 0 Å². The van der Waals surface area contributed by atoms with Crippen LogP contribution in [0, 0.1) is 0 Å². The number of nitrogens with zero attached hydrogens (tertiary/aromatic N) is 2. The van der Waals surface area contributed by atoms with Gasteiger partial charge in [-0.3, -0.25) is 14.6 Å². The third-order valence-corrected chi connectivity index (χ3v) is 5.17. The fraction of sp³-hybridized carbons (Fsp3) is 0.300. The lowest BCUT2D eigenvalue weighted by Gasteiger charge is -2.32. The number of ether oxygens (including phenoxy) is 1. The molecule has 2 aromatic rings. The lowest BCUT2D eigenvalue weighted by atomic mass is 9.92. The zero-order valence-electron chi connectivity index (χ0n) is 14.6. The van der Waals surface area contributed by atoms with Gasteiger partial charge in [0.2, 0.25) is 5.91 Å². The van der Waals surface area contributed by atoms with E-state index in [1.165, 1.54) is 0 Å². The maximum Gasteiger partial charge on any atom is 0.419 e. The summed E-state index contributed by atoms with van der Waals surface area (Å²) in [4.78, 5) is 28.1. The van der Waals surface area contributed by atoms with Gasteiger partial charge in [-0.1, -0.05) is 24.3 Å². The predicted molar refractivity (Wildman–Crippen MR) is 98.2 cm³/mol. The van der Waals surface area contributed by atoms with Crippen molar-refractivity contribution in [1.82, 2.24) is 4.90 Å². The molecular formula is C20H21N3O3. The highest BCUT2D eigenvalue weighted by Gasteiger charge is 2.30. The number of para-hydroxylation sites is 1. The largest absolute Gasteiger partial charge is 0.419 e. The van der Waals surface area contributed by atoms with E-state index < -0.39 is 18.0 Å². The Bertz CT molecular complexity index is 880. The van der Waals surface area contributed by atoms with Gasteiger partial charge < -0.3 is 10.5 Å². The molecule has 0 saturated heterocycles. The van der Waals surface area contributed by atoms with Gasteiger partial charge in [0.05, 0.1) is 5.69 Å². The van der Waals surface area contributed by atoms with Crippen LogP contribution in [0.4, 0.5) is 10.5 Å². The number of rotatable bonds is 2. The van der Waals surface area contributed by atoms with E-state index in [1.807, 2.05) is 42.3 Å². The van der Waals surface area contributed by atoms with Crippen molar-refractivity contribution in [1.29, 1.82) is 0 Å². The number of carbonyl (C=O) groups is 2. The Balaban J connectivity index is 1.58. The quantitative estimate of drug-likeness (QED) is 0.900. The number of hydrogen-bond donors (Lipinski definition) is 1. The zero-order chi connectivity index (χ0) is 18.3. The second-order valence-corrected chi connectivity index (χ2v) is 6.79. The fourth-order valence-corrected chi connectivity index (χ4v) is 3.84. The van der Waals surface area contributed by atoms with E-state index in [-0.39, 0.29) is 0 Å². The highest BCUT2D eigenvalue weighted by molar-refractivity contribution is 5.91. The Hall–Kier alpha value is -2.86. The summed E-state index contributed by atoms with van der Waals surface area (Å²) in [5, 5.41) is 0. The van der Waals surface area contributed by atoms with Crippen molar-refractivity contribution in [3.8, 4) is 5.75 Å². The molecule has 0 bridgehead atoms. The Kier molecular flexibility index (Phi) is 4.12. The molecule has 2 amide bonds. The van der Waals surface area contributed by atoms with Gasteiger partial charge in [0.15, 0.2) is 0 Å². The SMILES string of the molecule is CN1CCc2ccc(OC(=O)N3CCc4ccccc43)cc2C1C(N)=O. The van der Waals surface area contributed by atoms with Gasteiger partial charge in [-0.15, -0.1) is 0 Å². The Morgan fingerprint density at radius 2 is 1.85 bits per heavy atom. The van der Waals surface area contributed by atoms with E-state index in [2.05, 4.69) is 0 Å². The minimum Gasteiger partial charge on any atom is -0.410 e. The molecule has 0 aromatic heterocycles. The molecule has 0 spiro atoms. The maximum atomic E-state index is 12.6. The minimum absolute atomic E-state index is 0.398. The van der Waals surface area contributed by atoms with Crippen molar-refractivity contribution >= 4 is 17.7 Å². The van der Waals surface area contributed by atoms with Crippen LogP contribution in [-0.4, -0.2) is 37.0 Å². The van der Waals surface area contributed by atoms with Crippen LogP contribution in [-0.2, 0) is 17.6 Å². The monoisotopic (exact) mass is 351 g/mol. The van der Waals surface area contributed by atoms with E-state index in [9.17, 15) is 9.59 Å². The third kappa shape index (κ3) is 2.82. The Morgan fingerprint density at radius 1 is 1.08 bits per heavy atom. The third-order valence-electron chi connectivity index (χ3n) is 5.17. The summed E-state index contributed by atoms with van der Waals surface area (Å²) < 4.78 is 5.60. The number of amides is 2. The van der Waals surface area contributed by atoms with E-state index in [1.54, 1.807) is 17.0 Å². The molecule has 0 fully saturated rings. The van der Waals surface area contributed by atoms with Gasteiger partial charge in [-0.2, -0.15) is 0 Å². The first-order valence-electron chi connectivity index (χ1n) is 8.74. The predicted octanol–water partition coefficient (Wildman–Crippen LogP) is 2.26. The average Bonchev–Trinajstić information content (AvgIpc) is 3.05. The molecule has 26 heavy (non-hydrogen) atoms. The van der Waals surface area contributed by atoms with Crippen molar-refractivity contribution in [2.45, 2.75) is 18.9 Å². The average molecular weight is 351 g/mol. The van der Waals surface area contributed by atoms with Crippen LogP contribution >= 0.6 is 0 Å². The summed E-state index contributed by atoms with van der Waals surface area (Å²) in [7, 11) is 1.87. The number of nitrogens with two attached hydrogens (primary N) is 1. The Labute approximate surface area is 152 Å². The molecule has 134 valence electrons. The van der Waals surface area contributed by atoms with Crippen LogP contribution in [0.1, 0.15) is 22.7 Å². The second-order valence-electron chi connectivity index (χ2n) is 6.79. The van der Waals surface area contributed by atoms with Crippen molar-refractivity contribution in [2.24, 2.45) is 5.73 Å². The summed E-state index contributed by atoms with van der Waals surface area (Å²) in [5.41, 5.74) is 9.50. The number of primary amides is 1. The van der Waals surface area contributed by atoms with Crippen LogP contribution in [0.15, 0.2) is 42.5 Å². The summed E-state index contributed by atoms with van der Waals surface area (Å²) in [6.07, 6.45) is 1.25. The van der Waals surface area contributed by atoms with Gasteiger partial charge in [0.1, 0.15) is 11.8 Å². The van der Waals surface area contributed by atoms with Crippen molar-refractivity contribution < 1.29 is 14.3 Å². The number of likely N-dealkylation sites (N-methyl/N-ethyl adjacent to an activating group) is 1. The first-order valence-corrected chi connectivity index (χ1v) is 8.74. The first kappa shape index (κ1) is 16.6. The number of carbonyl (C=O) groups excluding carboxylic acids is 2. The van der Waals surface area contributed by atoms with E-state index >= 15 is 0 Å². The summed E-state index contributed by atoms with van der Waals surface area (Å²) >= 11 is 0. The molecule has 0 aliphatic carbocycles. The van der Waals surface area contributed by atoms with E-state index in [0.717, 1.165) is 41.8 Å². The fourth-order valence-electron chi connectivity index (χ4n) is 3.84. The second kappa shape index (κ2) is 6.46. The number of fused-ring (bicyclic) bond motifs is 2. The molecule has 2 aliphatic heterocycles. The van der Waals surface area contributed by atoms with Crippen LogP contribution in [0.2, 0.25) is 0 Å². The lowest BCUT2D eigenvalue weighted by molar-refractivity contribution is -0.123. The van der Waals surface area contributed by atoms with Crippen LogP contribution < -0.4 is 15.4 Å². The van der Waals surface area contributed by atoms with Gasteiger partial charge in [-0.05, 0) is 54.8 Å². The minimum atomic E-state index is -0.495. The molecule has 4 rings (SSSR count). The molecule has 2 aliphatic rings. The highest BCUT2D eigenvalue weighted by Crippen LogP contribution is 2.33. The van der Waals surface area contributed by atoms with Gasteiger partial charge in [0, 0.05) is 13.1 Å². The molecular weight excluding hydrogens is 330 g/mol. The number of benzene rings is 2. The summed E-state index contributed by atoms with van der Waals surface area (Å²) in [6, 6.07) is 12.8. The molecule has 2 N–H and O–H groups in total. The molecule has 2 heterocycles.